The van der Waals surface area contributed by atoms with Crippen LogP contribution in [0.2, 0.25) is 5.02 Å². The first-order valence-corrected chi connectivity index (χ1v) is 6.95. The number of rotatable bonds is 4. The van der Waals surface area contributed by atoms with E-state index in [9.17, 15) is 13.2 Å². The third-order valence-corrected chi connectivity index (χ3v) is 3.70. The molecule has 0 bridgehead atoms. The van der Waals surface area contributed by atoms with E-state index in [0.29, 0.717) is 23.2 Å². The molecule has 1 N–H and O–H groups in total. The maximum atomic E-state index is 14.0. The van der Waals surface area contributed by atoms with Crippen LogP contribution in [0.5, 0.6) is 0 Å². The van der Waals surface area contributed by atoms with Crippen molar-refractivity contribution in [3.05, 3.63) is 69.5 Å². The van der Waals surface area contributed by atoms with Crippen molar-refractivity contribution < 1.29 is 13.2 Å². The van der Waals surface area contributed by atoms with Crippen molar-refractivity contribution in [1.29, 1.82) is 0 Å². The molecule has 0 aliphatic carbocycles. The van der Waals surface area contributed by atoms with Gasteiger partial charge in [0, 0.05) is 16.7 Å². The lowest BCUT2D eigenvalue weighted by molar-refractivity contribution is 0.481. The highest BCUT2D eigenvalue weighted by atomic mass is 35.5. The van der Waals surface area contributed by atoms with Crippen LogP contribution in [0.4, 0.5) is 13.2 Å². The highest BCUT2D eigenvalue weighted by molar-refractivity contribution is 6.31. The second-order valence-electron chi connectivity index (χ2n) is 4.79. The molecule has 0 saturated heterocycles. The fourth-order valence-corrected chi connectivity index (χ4v) is 2.35. The summed E-state index contributed by atoms with van der Waals surface area (Å²) in [7, 11) is 0. The predicted molar refractivity (Wildman–Crippen MR) is 78.0 cm³/mol. The van der Waals surface area contributed by atoms with Crippen LogP contribution >= 0.6 is 11.6 Å². The van der Waals surface area contributed by atoms with Crippen molar-refractivity contribution in [3.8, 4) is 0 Å². The fraction of sp³-hybridized carbons (Fsp3) is 0.250. The maximum absolute atomic E-state index is 14.0. The van der Waals surface area contributed by atoms with Crippen molar-refractivity contribution in [2.75, 3.05) is 6.54 Å². The minimum absolute atomic E-state index is 0.0515. The van der Waals surface area contributed by atoms with Gasteiger partial charge in [-0.05, 0) is 36.7 Å². The van der Waals surface area contributed by atoms with E-state index in [-0.39, 0.29) is 5.56 Å². The molecule has 21 heavy (non-hydrogen) atoms. The SMILES string of the molecule is CCNC(c1ccc(C)c(Cl)c1)c1cc(F)c(F)cc1F. The molecule has 0 aliphatic rings. The van der Waals surface area contributed by atoms with Crippen LogP contribution in [-0.4, -0.2) is 6.54 Å². The zero-order valence-electron chi connectivity index (χ0n) is 11.7. The molecule has 2 aromatic carbocycles. The number of halogens is 4. The zero-order chi connectivity index (χ0) is 15.6. The minimum Gasteiger partial charge on any atom is -0.306 e. The maximum Gasteiger partial charge on any atom is 0.161 e. The Hall–Kier alpha value is -1.52. The highest BCUT2D eigenvalue weighted by Crippen LogP contribution is 2.29. The molecule has 1 atom stereocenters. The number of hydrogen-bond donors (Lipinski definition) is 1. The lowest BCUT2D eigenvalue weighted by atomic mass is 9.97. The fourth-order valence-electron chi connectivity index (χ4n) is 2.16. The summed E-state index contributed by atoms with van der Waals surface area (Å²) in [5.41, 5.74) is 1.63. The van der Waals surface area contributed by atoms with Crippen LogP contribution in [0.25, 0.3) is 0 Å². The van der Waals surface area contributed by atoms with Gasteiger partial charge < -0.3 is 5.32 Å². The second kappa shape index (κ2) is 6.50. The van der Waals surface area contributed by atoms with Crippen LogP contribution in [0.3, 0.4) is 0 Å². The third-order valence-electron chi connectivity index (χ3n) is 3.29. The van der Waals surface area contributed by atoms with Crippen LogP contribution in [0.1, 0.15) is 29.7 Å². The lowest BCUT2D eigenvalue weighted by Crippen LogP contribution is -2.23. The lowest BCUT2D eigenvalue weighted by Gasteiger charge is -2.20. The predicted octanol–water partition coefficient (Wildman–Crippen LogP) is 4.76. The largest absolute Gasteiger partial charge is 0.306 e. The molecule has 1 nitrogen and oxygen atoms in total. The highest BCUT2D eigenvalue weighted by Gasteiger charge is 2.20. The van der Waals surface area contributed by atoms with Gasteiger partial charge in [-0.25, -0.2) is 13.2 Å². The molecule has 5 heteroatoms. The Morgan fingerprint density at radius 2 is 1.71 bits per heavy atom. The van der Waals surface area contributed by atoms with Gasteiger partial charge in [0.15, 0.2) is 11.6 Å². The van der Waals surface area contributed by atoms with E-state index in [1.54, 1.807) is 18.2 Å². The molecule has 1 unspecified atom stereocenters. The third kappa shape index (κ3) is 3.39. The van der Waals surface area contributed by atoms with Crippen molar-refractivity contribution in [1.82, 2.24) is 5.32 Å². The first-order chi connectivity index (χ1) is 9.93. The molecule has 0 spiro atoms. The number of benzene rings is 2. The Bertz CT molecular complexity index is 658. The standard InChI is InChI=1S/C16H15ClF3N/c1-3-21-16(10-5-4-9(2)12(17)6-10)11-7-14(19)15(20)8-13(11)18/h4-8,16,21H,3H2,1-2H3. The van der Waals surface area contributed by atoms with Crippen LogP contribution in [0, 0.1) is 24.4 Å². The molecule has 0 aliphatic heterocycles. The van der Waals surface area contributed by atoms with Gasteiger partial charge in [-0.1, -0.05) is 30.7 Å². The number of aryl methyl sites for hydroxylation is 1. The van der Waals surface area contributed by atoms with E-state index in [1.807, 2.05) is 13.8 Å². The van der Waals surface area contributed by atoms with E-state index in [2.05, 4.69) is 5.32 Å². The molecule has 112 valence electrons. The molecule has 2 rings (SSSR count). The van der Waals surface area contributed by atoms with Crippen LogP contribution < -0.4 is 5.32 Å². The van der Waals surface area contributed by atoms with Crippen molar-refractivity contribution in [2.24, 2.45) is 0 Å². The molecule has 0 fully saturated rings. The molecule has 0 radical (unpaired) electrons. The minimum atomic E-state index is -1.20. The van der Waals surface area contributed by atoms with Crippen molar-refractivity contribution in [3.63, 3.8) is 0 Å². The van der Waals surface area contributed by atoms with Gasteiger partial charge in [-0.15, -0.1) is 0 Å². The summed E-state index contributed by atoms with van der Waals surface area (Å²) < 4.78 is 40.5. The van der Waals surface area contributed by atoms with E-state index in [1.165, 1.54) is 0 Å². The van der Waals surface area contributed by atoms with Gasteiger partial charge in [0.1, 0.15) is 5.82 Å². The van der Waals surface area contributed by atoms with Crippen molar-refractivity contribution in [2.45, 2.75) is 19.9 Å². The first kappa shape index (κ1) is 15.9. The molecule has 0 aromatic heterocycles. The van der Waals surface area contributed by atoms with Gasteiger partial charge in [0.25, 0.3) is 0 Å². The number of nitrogens with one attached hydrogen (secondary N) is 1. The van der Waals surface area contributed by atoms with E-state index >= 15 is 0 Å². The number of hydrogen-bond acceptors (Lipinski definition) is 1. The first-order valence-electron chi connectivity index (χ1n) is 6.58. The van der Waals surface area contributed by atoms with Gasteiger partial charge >= 0.3 is 0 Å². The van der Waals surface area contributed by atoms with Crippen LogP contribution in [-0.2, 0) is 0 Å². The van der Waals surface area contributed by atoms with Gasteiger partial charge in [0.05, 0.1) is 6.04 Å². The Kier molecular flexibility index (Phi) is 4.91. The molecule has 2 aromatic rings. The Balaban J connectivity index is 2.52. The summed E-state index contributed by atoms with van der Waals surface area (Å²) in [6.45, 7) is 4.24. The zero-order valence-corrected chi connectivity index (χ0v) is 12.4. The topological polar surface area (TPSA) is 12.0 Å². The average molecular weight is 314 g/mol. The van der Waals surface area contributed by atoms with Gasteiger partial charge in [-0.2, -0.15) is 0 Å². The molecule has 0 amide bonds. The summed E-state index contributed by atoms with van der Waals surface area (Å²) >= 11 is 6.09. The summed E-state index contributed by atoms with van der Waals surface area (Å²) in [6, 6.07) is 6.14. The summed E-state index contributed by atoms with van der Waals surface area (Å²) in [5.74, 6) is -3.07. The molecule has 0 heterocycles. The van der Waals surface area contributed by atoms with E-state index < -0.39 is 23.5 Å². The smallest absolute Gasteiger partial charge is 0.161 e. The van der Waals surface area contributed by atoms with Gasteiger partial charge in [0.2, 0.25) is 0 Å². The molecule has 0 saturated carbocycles. The Morgan fingerprint density at radius 1 is 1.05 bits per heavy atom. The normalized spacial score (nSPS) is 12.5. The average Bonchev–Trinajstić information content (AvgIpc) is 2.44. The summed E-state index contributed by atoms with van der Waals surface area (Å²) in [4.78, 5) is 0. The monoisotopic (exact) mass is 313 g/mol. The molecular formula is C16H15ClF3N. The Morgan fingerprint density at radius 3 is 2.33 bits per heavy atom. The second-order valence-corrected chi connectivity index (χ2v) is 5.19. The van der Waals surface area contributed by atoms with E-state index in [0.717, 1.165) is 11.6 Å². The van der Waals surface area contributed by atoms with Gasteiger partial charge in [-0.3, -0.25) is 0 Å². The molecular weight excluding hydrogens is 299 g/mol. The summed E-state index contributed by atoms with van der Waals surface area (Å²) in [6.07, 6.45) is 0. The summed E-state index contributed by atoms with van der Waals surface area (Å²) in [5, 5.41) is 3.60. The Labute approximate surface area is 126 Å². The van der Waals surface area contributed by atoms with Crippen LogP contribution in [0.15, 0.2) is 30.3 Å². The quantitative estimate of drug-likeness (QED) is 0.802. The van der Waals surface area contributed by atoms with Crippen molar-refractivity contribution >= 4 is 11.6 Å². The van der Waals surface area contributed by atoms with E-state index in [4.69, 9.17) is 11.6 Å².